The molecule has 8 aliphatic heterocycles. The van der Waals surface area contributed by atoms with Crippen LogP contribution >= 0.6 is 0 Å². The van der Waals surface area contributed by atoms with Gasteiger partial charge in [-0.15, -0.1) is 6.42 Å². The Bertz CT molecular complexity index is 4420. The normalized spacial score (nSPS) is 24.1. The summed E-state index contributed by atoms with van der Waals surface area (Å²) in [6, 6.07) is 9.72. The van der Waals surface area contributed by atoms with E-state index in [4.69, 9.17) is 45.8 Å². The third-order valence-electron chi connectivity index (χ3n) is 20.6. The Morgan fingerprint density at radius 3 is 2.23 bits per heavy atom. The van der Waals surface area contributed by atoms with Crippen LogP contribution in [-0.4, -0.2) is 119 Å². The number of pyridine rings is 2. The van der Waals surface area contributed by atoms with Crippen LogP contribution in [0.4, 0.5) is 33.6 Å². The average molecular weight is 1180 g/mol. The van der Waals surface area contributed by atoms with Crippen molar-refractivity contribution in [3.05, 3.63) is 106 Å². The molecule has 5 atom stereocenters. The van der Waals surface area contributed by atoms with Gasteiger partial charge in [-0.1, -0.05) is 25.0 Å². The zero-order valence-electron chi connectivity index (χ0n) is 48.4. The van der Waals surface area contributed by atoms with Crippen LogP contribution in [0.1, 0.15) is 131 Å². The van der Waals surface area contributed by atoms with E-state index in [0.717, 1.165) is 82.0 Å². The van der Waals surface area contributed by atoms with Crippen molar-refractivity contribution in [3.63, 3.8) is 0 Å². The summed E-state index contributed by atoms with van der Waals surface area (Å²) in [6.45, 7) is 7.17. The van der Waals surface area contributed by atoms with Crippen LogP contribution < -0.4 is 19.3 Å². The monoisotopic (exact) mass is 1180 g/mol. The molecule has 16 rings (SSSR count). The van der Waals surface area contributed by atoms with Crippen molar-refractivity contribution in [1.29, 1.82) is 0 Å². The summed E-state index contributed by atoms with van der Waals surface area (Å²) in [5, 5.41) is 25.4. The fourth-order valence-corrected chi connectivity index (χ4v) is 16.6. The number of benzene rings is 4. The van der Waals surface area contributed by atoms with Crippen molar-refractivity contribution in [3.8, 4) is 58.4 Å². The lowest BCUT2D eigenvalue weighted by Gasteiger charge is -2.37. The molecular weight excluding hydrogens is 1120 g/mol. The number of alkyl halides is 1. The van der Waals surface area contributed by atoms with E-state index in [0.29, 0.717) is 107 Å². The molecule has 0 saturated carbocycles. The molecule has 0 radical (unpaired) electrons. The third-order valence-corrected chi connectivity index (χ3v) is 20.6. The molecule has 6 fully saturated rings. The molecule has 0 bridgehead atoms. The van der Waals surface area contributed by atoms with Gasteiger partial charge in [-0.3, -0.25) is 9.80 Å². The van der Waals surface area contributed by atoms with Gasteiger partial charge in [-0.2, -0.15) is 19.9 Å². The Labute approximate surface area is 498 Å². The molecule has 19 heteroatoms. The van der Waals surface area contributed by atoms with Gasteiger partial charge in [0.15, 0.2) is 11.6 Å². The number of piperidine rings is 2. The van der Waals surface area contributed by atoms with E-state index >= 15 is 17.6 Å². The highest BCUT2D eigenvalue weighted by molar-refractivity contribution is 6.08. The quantitative estimate of drug-likeness (QED) is 0.0988. The van der Waals surface area contributed by atoms with E-state index in [1.807, 2.05) is 19.9 Å². The van der Waals surface area contributed by atoms with Gasteiger partial charge in [0, 0.05) is 60.3 Å². The maximum Gasteiger partial charge on any atom is 0.319 e. The first-order valence-corrected chi connectivity index (χ1v) is 30.8. The van der Waals surface area contributed by atoms with Gasteiger partial charge in [0.2, 0.25) is 0 Å². The molecular formula is C68H63F5N10O4. The fourth-order valence-electron chi connectivity index (χ4n) is 16.6. The minimum Gasteiger partial charge on any atom is -0.508 e. The lowest BCUT2D eigenvalue weighted by molar-refractivity contribution is 0.0848. The number of hydrogen-bond donors (Lipinski definition) is 2. The number of nitrogens with zero attached hydrogens (tertiary/aromatic N) is 10. The summed E-state index contributed by atoms with van der Waals surface area (Å²) in [6.07, 6.45) is 19.3. The topological polar surface area (TPSA) is 149 Å². The maximum atomic E-state index is 18.2. The number of rotatable bonds is 10. The number of terminal acetylenes is 1. The number of phenolic OH excluding ortho intramolecular Hbond substituents is 2. The first-order chi connectivity index (χ1) is 42.2. The zero-order chi connectivity index (χ0) is 59.4. The smallest absolute Gasteiger partial charge is 0.319 e. The van der Waals surface area contributed by atoms with Gasteiger partial charge in [0.25, 0.3) is 0 Å². The Kier molecular flexibility index (Phi) is 12.6. The second-order valence-electron chi connectivity index (χ2n) is 25.3. The maximum absolute atomic E-state index is 18.2. The number of hydrogen-bond acceptors (Lipinski definition) is 14. The van der Waals surface area contributed by atoms with E-state index in [2.05, 4.69) is 31.6 Å². The van der Waals surface area contributed by atoms with Gasteiger partial charge < -0.3 is 29.5 Å². The van der Waals surface area contributed by atoms with Crippen LogP contribution in [0.15, 0.2) is 54.2 Å². The first kappa shape index (κ1) is 54.2. The number of aromatic nitrogens is 6. The van der Waals surface area contributed by atoms with Crippen LogP contribution in [0.2, 0.25) is 0 Å². The van der Waals surface area contributed by atoms with Crippen molar-refractivity contribution in [1.82, 2.24) is 39.7 Å². The van der Waals surface area contributed by atoms with Crippen LogP contribution in [-0.2, 0) is 6.42 Å². The van der Waals surface area contributed by atoms with Gasteiger partial charge in [0.1, 0.15) is 76.6 Å². The van der Waals surface area contributed by atoms with Crippen molar-refractivity contribution < 1.29 is 41.6 Å². The predicted molar refractivity (Wildman–Crippen MR) is 324 cm³/mol. The number of phenols is 2. The molecule has 0 amide bonds. The Morgan fingerprint density at radius 2 is 1.43 bits per heavy atom. The van der Waals surface area contributed by atoms with E-state index in [-0.39, 0.29) is 99.7 Å². The Balaban J connectivity index is 0.782. The van der Waals surface area contributed by atoms with Crippen molar-refractivity contribution in [2.45, 2.75) is 133 Å². The average Bonchev–Trinajstić information content (AvgIpc) is 2.42. The van der Waals surface area contributed by atoms with Crippen molar-refractivity contribution >= 4 is 66.6 Å². The minimum absolute atomic E-state index is 0.00592. The standard InChI is InChI=1S/C68H63F5N10O4/c1-4-41-47(70)16-14-36-26-39(84)28-45(52(36)41)60-57(73)62-55-58(75-60)35(3)50-13-7-9-24-82(50)64(55)79-66(77-62)86-33-67-19-11-25-83(67)51(18-21-67)43-30-48(71)42(5-2)53-44(43)27-40(85)29-46(53)59-56(72)61-54-49(74-59)17-15-38-12-6-8-23-81(38)63(54)78-65(76-61)87-34-68-20-10-22-80(68)32-37(69)31-68/h1,14-17,26-30,37-38,51,84-85H,5-13,18-25,31-34H2,2-3H3/t37-,38?,51?,67-,68+/m1/s1. The molecule has 8 aliphatic rings. The second kappa shape index (κ2) is 20.2. The molecule has 2 N–H and O–H groups in total. The SMILES string of the molecule is C#Cc1c(F)ccc2cc(O)cc(-c3nc4c5c(nc(OC[C@]67CCCN6C(c6cc(F)c(CC)c8c(-c9nc%10c%11c(nc(OC[C@@]%12%13CCCN%12C[C@H](F)C%13)nc%11c9F)N9CCCCC9C=C%10)cc(O)cc68)CC7)nc5c3F)N3CCCCC3=C4C)c12. The highest BCUT2D eigenvalue weighted by atomic mass is 19.1. The molecule has 87 heavy (non-hydrogen) atoms. The fraction of sp³-hybridized carbons (Fsp3) is 0.412. The summed E-state index contributed by atoms with van der Waals surface area (Å²) < 4.78 is 96.8. The van der Waals surface area contributed by atoms with E-state index in [9.17, 15) is 14.6 Å². The molecule has 4 aromatic heterocycles. The predicted octanol–water partition coefficient (Wildman–Crippen LogP) is 13.3. The Morgan fingerprint density at radius 1 is 0.701 bits per heavy atom. The van der Waals surface area contributed by atoms with E-state index in [1.165, 1.54) is 30.3 Å². The van der Waals surface area contributed by atoms with Gasteiger partial charge in [-0.25, -0.2) is 31.9 Å². The van der Waals surface area contributed by atoms with Crippen LogP contribution in [0.25, 0.3) is 77.5 Å². The lowest BCUT2D eigenvalue weighted by Crippen LogP contribution is -2.44. The molecule has 14 nitrogen and oxygen atoms in total. The second-order valence-corrected chi connectivity index (χ2v) is 25.3. The van der Waals surface area contributed by atoms with Crippen molar-refractivity contribution in [2.75, 3.05) is 55.7 Å². The minimum atomic E-state index is -0.964. The molecule has 0 aliphatic carbocycles. The molecule has 8 aromatic rings. The Hall–Kier alpha value is -8.21. The molecule has 6 saturated heterocycles. The van der Waals surface area contributed by atoms with Crippen LogP contribution in [0.3, 0.4) is 0 Å². The zero-order valence-corrected chi connectivity index (χ0v) is 48.4. The molecule has 444 valence electrons. The van der Waals surface area contributed by atoms with Gasteiger partial charge in [0.05, 0.1) is 38.8 Å². The van der Waals surface area contributed by atoms with Gasteiger partial charge in [-0.05, 0) is 179 Å². The summed E-state index contributed by atoms with van der Waals surface area (Å²) in [5.41, 5.74) is 2.59. The van der Waals surface area contributed by atoms with Crippen LogP contribution in [0, 0.1) is 35.6 Å². The summed E-state index contributed by atoms with van der Waals surface area (Å²) in [4.78, 5) is 38.5. The number of ether oxygens (including phenoxy) is 2. The van der Waals surface area contributed by atoms with E-state index in [1.54, 1.807) is 12.1 Å². The number of allylic oxidation sites excluding steroid dienone is 2. The number of fused-ring (bicyclic) bond motifs is 8. The number of anilines is 2. The first-order valence-electron chi connectivity index (χ1n) is 30.8. The van der Waals surface area contributed by atoms with Gasteiger partial charge >= 0.3 is 12.0 Å². The summed E-state index contributed by atoms with van der Waals surface area (Å²) >= 11 is 0. The molecule has 2 unspecified atom stereocenters. The highest BCUT2D eigenvalue weighted by Crippen LogP contribution is 2.54. The van der Waals surface area contributed by atoms with Crippen molar-refractivity contribution in [2.24, 2.45) is 0 Å². The summed E-state index contributed by atoms with van der Waals surface area (Å²) in [5.74, 6) is 0.394. The van der Waals surface area contributed by atoms with Crippen LogP contribution in [0.5, 0.6) is 23.5 Å². The third kappa shape index (κ3) is 8.25. The number of halogens is 5. The highest BCUT2D eigenvalue weighted by Gasteiger charge is 2.52. The van der Waals surface area contributed by atoms with E-state index < -0.39 is 40.5 Å². The largest absolute Gasteiger partial charge is 0.508 e. The number of aromatic hydroxyl groups is 2. The molecule has 12 heterocycles. The molecule has 0 spiro atoms. The molecule has 4 aromatic carbocycles. The lowest BCUT2D eigenvalue weighted by atomic mass is 9.88. The number of aryl methyl sites for hydroxylation is 1. The summed E-state index contributed by atoms with van der Waals surface area (Å²) in [7, 11) is 0.